The van der Waals surface area contributed by atoms with Gasteiger partial charge in [0.2, 0.25) is 5.95 Å². The summed E-state index contributed by atoms with van der Waals surface area (Å²) >= 11 is 0. The predicted octanol–water partition coefficient (Wildman–Crippen LogP) is 4.50. The van der Waals surface area contributed by atoms with Gasteiger partial charge >= 0.3 is 17.9 Å². The molecule has 2 heterocycles. The molecule has 0 bridgehead atoms. The Bertz CT molecular complexity index is 2070. The summed E-state index contributed by atoms with van der Waals surface area (Å²) in [6.45, 7) is 3.87. The molecule has 3 atom stereocenters. The van der Waals surface area contributed by atoms with Crippen molar-refractivity contribution in [2.75, 3.05) is 18.0 Å². The lowest BCUT2D eigenvalue weighted by Crippen LogP contribution is -2.47. The van der Waals surface area contributed by atoms with Gasteiger partial charge in [0.05, 0.1) is 27.5 Å². The summed E-state index contributed by atoms with van der Waals surface area (Å²) in [6, 6.07) is 10.0. The number of anilines is 1. The summed E-state index contributed by atoms with van der Waals surface area (Å²) in [5.74, 6) is -5.91. The molecule has 4 aromatic rings. The van der Waals surface area contributed by atoms with Gasteiger partial charge in [-0.05, 0) is 73.2 Å². The number of nitrogen functional groups attached to an aromatic ring is 1. The number of nitrogens with one attached hydrogen (secondary N) is 2. The Morgan fingerprint density at radius 1 is 0.904 bits per heavy atom. The second-order valence-corrected chi connectivity index (χ2v) is 14.8. The van der Waals surface area contributed by atoms with Gasteiger partial charge in [0.1, 0.15) is 11.7 Å². The summed E-state index contributed by atoms with van der Waals surface area (Å²) in [7, 11) is -3.69. The van der Waals surface area contributed by atoms with Crippen molar-refractivity contribution in [1.82, 2.24) is 19.9 Å². The number of hydrogen-bond donors (Lipinski definition) is 6. The molecule has 15 nitrogen and oxygen atoms in total. The molecule has 278 valence electrons. The fraction of sp³-hybridized carbons (Fsp3) is 0.389. The average Bonchev–Trinajstić information content (AvgIpc) is 3.53. The van der Waals surface area contributed by atoms with E-state index in [-0.39, 0.29) is 59.4 Å². The lowest BCUT2D eigenvalue weighted by atomic mass is 9.91. The molecule has 1 amide bonds. The van der Waals surface area contributed by atoms with Gasteiger partial charge < -0.3 is 30.9 Å². The number of nitrogens with zero attached hydrogens (tertiary/aromatic N) is 2. The molecule has 2 unspecified atom stereocenters. The molecule has 0 aliphatic heterocycles. The summed E-state index contributed by atoms with van der Waals surface area (Å²) < 4.78 is 25.4. The molecule has 0 fully saturated rings. The number of aromatic nitrogens is 3. The van der Waals surface area contributed by atoms with Gasteiger partial charge in [0.15, 0.2) is 9.84 Å². The number of benzene rings is 2. The number of H-pyrrole nitrogens is 2. The van der Waals surface area contributed by atoms with Gasteiger partial charge in [0, 0.05) is 24.2 Å². The van der Waals surface area contributed by atoms with Crippen LogP contribution in [-0.4, -0.2) is 85.7 Å². The first kappa shape index (κ1) is 39.3. The van der Waals surface area contributed by atoms with Crippen molar-refractivity contribution in [3.8, 4) is 0 Å². The topological polar surface area (TPSA) is 254 Å². The van der Waals surface area contributed by atoms with Crippen molar-refractivity contribution in [3.05, 3.63) is 87.3 Å². The second kappa shape index (κ2) is 17.1. The number of aliphatic carboxylic acids is 2. The molecular formula is C36H43N5O10S. The minimum absolute atomic E-state index is 0.0133. The summed E-state index contributed by atoms with van der Waals surface area (Å²) in [4.78, 5) is 73.1. The minimum atomic E-state index is -3.69. The van der Waals surface area contributed by atoms with Crippen LogP contribution in [-0.2, 0) is 19.4 Å². The van der Waals surface area contributed by atoms with Gasteiger partial charge in [-0.15, -0.1) is 0 Å². The van der Waals surface area contributed by atoms with Crippen LogP contribution in [0, 0.1) is 5.92 Å². The Kier molecular flexibility index (Phi) is 12.9. The van der Waals surface area contributed by atoms with Gasteiger partial charge in [-0.3, -0.25) is 19.4 Å². The first-order valence-electron chi connectivity index (χ1n) is 16.9. The molecule has 16 heteroatoms. The van der Waals surface area contributed by atoms with E-state index in [4.69, 9.17) is 10.8 Å². The largest absolute Gasteiger partial charge is 0.481 e. The second-order valence-electron chi connectivity index (χ2n) is 12.7. The maximum Gasteiger partial charge on any atom is 0.335 e. The third-order valence-corrected chi connectivity index (χ3v) is 11.0. The average molecular weight is 738 g/mol. The van der Waals surface area contributed by atoms with Crippen molar-refractivity contribution < 1.29 is 42.9 Å². The molecular weight excluding hydrogens is 694 g/mol. The van der Waals surface area contributed by atoms with E-state index in [0.29, 0.717) is 42.3 Å². The number of aromatic carboxylic acids is 1. The molecule has 0 saturated heterocycles. The van der Waals surface area contributed by atoms with Crippen LogP contribution < -0.4 is 11.3 Å². The number of carboxylic acid groups (broad SMARTS) is 3. The van der Waals surface area contributed by atoms with Crippen LogP contribution in [0.25, 0.3) is 11.0 Å². The molecule has 4 rings (SSSR count). The van der Waals surface area contributed by atoms with E-state index < -0.39 is 51.2 Å². The van der Waals surface area contributed by atoms with Crippen LogP contribution in [0.3, 0.4) is 0 Å². The van der Waals surface area contributed by atoms with E-state index >= 15 is 0 Å². The summed E-state index contributed by atoms with van der Waals surface area (Å²) in [5.41, 5.74) is 7.24. The van der Waals surface area contributed by atoms with Crippen LogP contribution in [0.2, 0.25) is 0 Å². The third-order valence-electron chi connectivity index (χ3n) is 9.17. The smallest absolute Gasteiger partial charge is 0.335 e. The molecule has 0 aliphatic carbocycles. The van der Waals surface area contributed by atoms with E-state index in [1.807, 2.05) is 13.8 Å². The normalized spacial score (nSPS) is 13.3. The SMILES string of the molecule is CCCCN(C(=O)c1ccc(C(C)c2c[nH]c3nc(N)[nH]c(=O)c23)cc1)[C@@H](CC(CCCCCS(=O)(=O)c1ccc(C(=O)O)cc1)C(=O)O)C(=O)O. The van der Waals surface area contributed by atoms with Gasteiger partial charge in [-0.2, -0.15) is 4.98 Å². The van der Waals surface area contributed by atoms with E-state index in [2.05, 4.69) is 15.0 Å². The van der Waals surface area contributed by atoms with Crippen LogP contribution in [0.5, 0.6) is 0 Å². The van der Waals surface area contributed by atoms with Crippen molar-refractivity contribution in [3.63, 3.8) is 0 Å². The van der Waals surface area contributed by atoms with Gasteiger partial charge in [-0.1, -0.05) is 45.2 Å². The Morgan fingerprint density at radius 2 is 1.56 bits per heavy atom. The van der Waals surface area contributed by atoms with Crippen molar-refractivity contribution in [2.24, 2.45) is 5.92 Å². The zero-order valence-electron chi connectivity index (χ0n) is 28.9. The Labute approximate surface area is 299 Å². The molecule has 0 radical (unpaired) electrons. The van der Waals surface area contributed by atoms with E-state index in [9.17, 15) is 42.6 Å². The number of aromatic amines is 2. The number of hydrogen-bond acceptors (Lipinski definition) is 9. The van der Waals surface area contributed by atoms with Gasteiger partial charge in [-0.25, -0.2) is 18.0 Å². The molecule has 0 spiro atoms. The van der Waals surface area contributed by atoms with Crippen LogP contribution in [0.4, 0.5) is 5.95 Å². The number of carbonyl (C=O) groups excluding carboxylic acids is 1. The number of fused-ring (bicyclic) bond motifs is 1. The number of amides is 1. The molecule has 2 aromatic heterocycles. The first-order chi connectivity index (χ1) is 24.6. The highest BCUT2D eigenvalue weighted by Crippen LogP contribution is 2.29. The van der Waals surface area contributed by atoms with Crippen molar-refractivity contribution >= 4 is 50.6 Å². The maximum atomic E-state index is 13.8. The molecule has 52 heavy (non-hydrogen) atoms. The zero-order valence-corrected chi connectivity index (χ0v) is 29.7. The molecule has 7 N–H and O–H groups in total. The molecule has 0 saturated carbocycles. The fourth-order valence-electron chi connectivity index (χ4n) is 6.17. The standard InChI is InChI=1S/C36H43N5O10S/c1-3-4-17-41(32(43)23-11-9-22(10-12-23)21(2)27-20-38-30-29(27)31(42)40-36(37)39-30)28(35(48)49)19-25(34(46)47)8-6-5-7-18-52(50,51)26-15-13-24(14-16-26)33(44)45/h9-16,20-21,25,28H,3-8,17-19H2,1-2H3,(H,44,45)(H,46,47)(H,48,49)(H4,37,38,39,40,42)/t21?,25?,28-/m0/s1. The zero-order chi connectivity index (χ0) is 38.2. The monoisotopic (exact) mass is 737 g/mol. The number of rotatable bonds is 19. The number of nitrogens with two attached hydrogens (primary N) is 1. The minimum Gasteiger partial charge on any atom is -0.481 e. The lowest BCUT2D eigenvalue weighted by molar-refractivity contribution is -0.146. The van der Waals surface area contributed by atoms with Gasteiger partial charge in [0.25, 0.3) is 11.5 Å². The highest BCUT2D eigenvalue weighted by atomic mass is 32.2. The maximum absolute atomic E-state index is 13.8. The number of sulfone groups is 1. The van der Waals surface area contributed by atoms with Crippen LogP contribution in [0.15, 0.2) is 64.4 Å². The van der Waals surface area contributed by atoms with E-state index in [0.717, 1.165) is 5.56 Å². The van der Waals surface area contributed by atoms with Crippen LogP contribution in [0.1, 0.15) is 96.6 Å². The summed E-state index contributed by atoms with van der Waals surface area (Å²) in [5, 5.41) is 29.6. The predicted molar refractivity (Wildman–Crippen MR) is 192 cm³/mol. The number of unbranched alkanes of at least 4 members (excludes halogenated alkanes) is 3. The summed E-state index contributed by atoms with van der Waals surface area (Å²) in [6.07, 6.45) is 3.45. The fourth-order valence-corrected chi connectivity index (χ4v) is 7.54. The third kappa shape index (κ3) is 9.42. The number of carbonyl (C=O) groups is 4. The number of carboxylic acids is 3. The van der Waals surface area contributed by atoms with E-state index in [1.54, 1.807) is 30.5 Å². The Hall–Kier alpha value is -5.51. The van der Waals surface area contributed by atoms with E-state index in [1.165, 1.54) is 29.2 Å². The van der Waals surface area contributed by atoms with Crippen LogP contribution >= 0.6 is 0 Å². The Morgan fingerprint density at radius 3 is 2.15 bits per heavy atom. The van der Waals surface area contributed by atoms with Crippen molar-refractivity contribution in [1.29, 1.82) is 0 Å². The Balaban J connectivity index is 1.43. The molecule has 0 aliphatic rings. The highest BCUT2D eigenvalue weighted by Gasteiger charge is 2.34. The highest BCUT2D eigenvalue weighted by molar-refractivity contribution is 7.91. The lowest BCUT2D eigenvalue weighted by Gasteiger charge is -2.31. The first-order valence-corrected chi connectivity index (χ1v) is 18.6. The molecule has 2 aromatic carbocycles. The quantitative estimate of drug-likeness (QED) is 0.0728. The van der Waals surface area contributed by atoms with Crippen molar-refractivity contribution in [2.45, 2.75) is 75.6 Å².